The first-order valence-corrected chi connectivity index (χ1v) is 37.9. The number of nitrogens with one attached hydrogen (secondary N) is 13. The molecule has 109 heavy (non-hydrogen) atoms. The number of nitrogens with two attached hydrogens (primary N) is 3. The molecule has 0 saturated heterocycles. The van der Waals surface area contributed by atoms with Crippen LogP contribution < -0.4 is 70.4 Å². The van der Waals surface area contributed by atoms with Crippen molar-refractivity contribution < 1.29 is 68.1 Å². The number of hydrogen-bond donors (Lipinski definition) is 19. The number of thioether (sulfide) groups is 1. The molecule has 0 unspecified atom stereocenters. The predicted molar refractivity (Wildman–Crippen MR) is 417 cm³/mol. The van der Waals surface area contributed by atoms with Crippen molar-refractivity contribution >= 4 is 115 Å². The van der Waals surface area contributed by atoms with Crippen LogP contribution in [0.2, 0.25) is 0 Å². The zero-order valence-electron chi connectivity index (χ0n) is 62.4. The topological polar surface area (TPSA) is 507 Å². The molecule has 0 spiro atoms. The quantitative estimate of drug-likeness (QED) is 0.0146. The molecule has 588 valence electrons. The van der Waals surface area contributed by atoms with Crippen molar-refractivity contribution in [3.63, 3.8) is 0 Å². The standard InChI is InChI=1S/C77H105N17O14S/c1-42(2)30-57(68(99)92-63(76(107)108)32-44(5)6)87-73(104)62(36-48-39-84-55-25-16-13-22-51(48)55)91-70(101)59(33-45-18-9-8-10-19-45)89-74(105)64(40-95)94-75(106)65(41-96)93-69(100)58(31-43(3)4)88-72(103)61(35-47-38-83-54-24-15-12-21-50(47)54)90-67(98)56(26-17-28-81-77(79)80)85-71(102)60(86-66(97)52(78)27-29-109-7)34-46-37-82-53-23-14-11-20-49(46)53/h8-16,18-25,37-39,42-44,52,56-65,82-84,95-96H,17,26-36,40-41,78H2,1-7H3,(H,85,102)(H,86,97)(H,87,104)(H,88,103)(H,89,105)(H,90,98)(H,91,101)(H,92,99)(H,93,100)(H,94,106)(H,107,108)(H4,79,80,81)/t52-,56-,57-,58-,59-,60-,61-,62-,63-,64-,65-/m0/s1. The van der Waals surface area contributed by atoms with Crippen molar-refractivity contribution in [2.24, 2.45) is 39.9 Å². The number of amides is 10. The first-order valence-electron chi connectivity index (χ1n) is 36.5. The second-order valence-corrected chi connectivity index (χ2v) is 29.4. The van der Waals surface area contributed by atoms with Gasteiger partial charge in [0.25, 0.3) is 0 Å². The molecule has 3 heterocycles. The Morgan fingerprint density at radius 2 is 0.716 bits per heavy atom. The lowest BCUT2D eigenvalue weighted by atomic mass is 9.99. The number of aliphatic imine (C=N–C) groups is 1. The highest BCUT2D eigenvalue weighted by Gasteiger charge is 2.38. The number of hydrogen-bond acceptors (Lipinski definition) is 16. The normalized spacial score (nSPS) is 14.5. The SMILES string of the molecule is CSCC[C@H](N)C(=O)N[C@@H](Cc1c[nH]c2ccccc12)C(=O)N[C@@H](CCCN=C(N)N)C(=O)N[C@@H](Cc1c[nH]c2ccccc12)C(=O)N[C@@H](CC(C)C)C(=O)N[C@@H](CO)C(=O)N[C@@H](CO)C(=O)N[C@@H](Cc1ccccc1)C(=O)N[C@@H](Cc1c[nH]c2ccccc12)C(=O)N[C@@H](CC(C)C)C(=O)N[C@@H](CC(C)C)C(=O)O. The van der Waals surface area contributed by atoms with Crippen LogP contribution in [0, 0.1) is 17.8 Å². The third kappa shape index (κ3) is 25.9. The van der Waals surface area contributed by atoms with Gasteiger partial charge in [0.15, 0.2) is 5.96 Å². The summed E-state index contributed by atoms with van der Waals surface area (Å²) in [7, 11) is 0. The van der Waals surface area contributed by atoms with E-state index in [0.29, 0.717) is 56.2 Å². The van der Waals surface area contributed by atoms with Crippen LogP contribution in [0.3, 0.4) is 0 Å². The fourth-order valence-corrected chi connectivity index (χ4v) is 13.1. The van der Waals surface area contributed by atoms with Crippen LogP contribution in [-0.2, 0) is 78.4 Å². The minimum absolute atomic E-state index is 0.0264. The summed E-state index contributed by atoms with van der Waals surface area (Å²) in [5, 5.41) is 60.4. The van der Waals surface area contributed by atoms with Crippen LogP contribution in [0.4, 0.5) is 0 Å². The maximum absolute atomic E-state index is 15.1. The zero-order chi connectivity index (χ0) is 79.4. The van der Waals surface area contributed by atoms with E-state index in [0.717, 1.165) is 10.9 Å². The summed E-state index contributed by atoms with van der Waals surface area (Å²) >= 11 is 1.49. The summed E-state index contributed by atoms with van der Waals surface area (Å²) in [6.07, 6.45) is 6.82. The van der Waals surface area contributed by atoms with Crippen molar-refractivity contribution in [2.45, 2.75) is 172 Å². The summed E-state index contributed by atoms with van der Waals surface area (Å²) in [5.41, 5.74) is 22.2. The fraction of sp³-hybridized carbons (Fsp3) is 0.455. The maximum atomic E-state index is 15.1. The molecule has 0 aliphatic carbocycles. The molecule has 0 aliphatic rings. The Kier molecular flexibility index (Phi) is 33.0. The Balaban J connectivity index is 1.11. The molecule has 0 aliphatic heterocycles. The third-order valence-electron chi connectivity index (χ3n) is 18.3. The van der Waals surface area contributed by atoms with Gasteiger partial charge in [0, 0.05) is 83.5 Å². The van der Waals surface area contributed by atoms with Crippen LogP contribution >= 0.6 is 11.8 Å². The number of aliphatic hydroxyl groups is 2. The lowest BCUT2D eigenvalue weighted by molar-refractivity contribution is -0.143. The fourth-order valence-electron chi connectivity index (χ4n) is 12.6. The molecule has 4 aromatic carbocycles. The summed E-state index contributed by atoms with van der Waals surface area (Å²) in [5.74, 6) is -10.4. The molecular weight excluding hydrogens is 1420 g/mol. The third-order valence-corrected chi connectivity index (χ3v) is 18.9. The van der Waals surface area contributed by atoms with E-state index in [1.807, 2.05) is 62.6 Å². The van der Waals surface area contributed by atoms with Gasteiger partial charge in [-0.05, 0) is 109 Å². The van der Waals surface area contributed by atoms with E-state index in [-0.39, 0.29) is 88.0 Å². The predicted octanol–water partition coefficient (Wildman–Crippen LogP) is 1.59. The summed E-state index contributed by atoms with van der Waals surface area (Å²) in [4.78, 5) is 171. The molecule has 32 heteroatoms. The highest BCUT2D eigenvalue weighted by Crippen LogP contribution is 2.24. The number of para-hydroxylation sites is 3. The number of nitrogens with zero attached hydrogens (tertiary/aromatic N) is 1. The van der Waals surface area contributed by atoms with Gasteiger partial charge < -0.3 is 101 Å². The minimum atomic E-state index is -1.85. The summed E-state index contributed by atoms with van der Waals surface area (Å²) in [6.45, 7) is 8.61. The van der Waals surface area contributed by atoms with Gasteiger partial charge in [-0.1, -0.05) is 126 Å². The lowest BCUT2D eigenvalue weighted by Gasteiger charge is -2.28. The van der Waals surface area contributed by atoms with Crippen molar-refractivity contribution in [3.05, 3.63) is 144 Å². The Bertz CT molecular complexity index is 4270. The molecule has 7 rings (SSSR count). The number of guanidine groups is 1. The number of benzene rings is 4. The van der Waals surface area contributed by atoms with Gasteiger partial charge in [-0.25, -0.2) is 4.79 Å². The number of carboxylic acids is 1. The monoisotopic (exact) mass is 1520 g/mol. The van der Waals surface area contributed by atoms with Gasteiger partial charge >= 0.3 is 5.97 Å². The Hall–Kier alpha value is -10.8. The van der Waals surface area contributed by atoms with Gasteiger partial charge in [0.05, 0.1) is 19.3 Å². The van der Waals surface area contributed by atoms with Crippen LogP contribution in [0.15, 0.2) is 127 Å². The summed E-state index contributed by atoms with van der Waals surface area (Å²) < 4.78 is 0. The van der Waals surface area contributed by atoms with E-state index in [2.05, 4.69) is 73.1 Å². The van der Waals surface area contributed by atoms with Crippen molar-refractivity contribution in [1.82, 2.24) is 68.1 Å². The molecule has 31 nitrogen and oxygen atoms in total. The minimum Gasteiger partial charge on any atom is -0.480 e. The second kappa shape index (κ2) is 42.1. The molecule has 0 saturated carbocycles. The number of carbonyl (C=O) groups excluding carboxylic acids is 10. The van der Waals surface area contributed by atoms with Crippen LogP contribution in [-0.4, -0.2) is 199 Å². The van der Waals surface area contributed by atoms with E-state index in [4.69, 9.17) is 17.2 Å². The first-order chi connectivity index (χ1) is 52.0. The smallest absolute Gasteiger partial charge is 0.326 e. The van der Waals surface area contributed by atoms with Crippen molar-refractivity contribution in [3.8, 4) is 0 Å². The zero-order valence-corrected chi connectivity index (χ0v) is 63.3. The van der Waals surface area contributed by atoms with E-state index in [9.17, 15) is 63.3 Å². The Morgan fingerprint density at radius 1 is 0.404 bits per heavy atom. The number of aliphatic hydroxyl groups excluding tert-OH is 2. The molecule has 0 bridgehead atoms. The molecule has 10 amide bonds. The molecule has 3 aromatic heterocycles. The molecule has 22 N–H and O–H groups in total. The highest BCUT2D eigenvalue weighted by atomic mass is 32.2. The number of aromatic amines is 3. The van der Waals surface area contributed by atoms with Crippen LogP contribution in [0.25, 0.3) is 32.7 Å². The largest absolute Gasteiger partial charge is 0.480 e. The average molecular weight is 1520 g/mol. The van der Waals surface area contributed by atoms with Gasteiger partial charge in [0.1, 0.15) is 60.4 Å². The van der Waals surface area contributed by atoms with Crippen LogP contribution in [0.5, 0.6) is 0 Å². The first kappa shape index (κ1) is 85.4. The number of aliphatic carboxylic acids is 1. The molecular formula is C77H105N17O14S. The second-order valence-electron chi connectivity index (χ2n) is 28.4. The number of H-pyrrole nitrogens is 3. The van der Waals surface area contributed by atoms with Gasteiger partial charge in [-0.2, -0.15) is 11.8 Å². The Labute approximate surface area is 636 Å². The van der Waals surface area contributed by atoms with E-state index >= 15 is 4.79 Å². The highest BCUT2D eigenvalue weighted by molar-refractivity contribution is 7.98. The van der Waals surface area contributed by atoms with Crippen LogP contribution in [0.1, 0.15) is 102 Å². The maximum Gasteiger partial charge on any atom is 0.326 e. The van der Waals surface area contributed by atoms with Crippen molar-refractivity contribution in [2.75, 3.05) is 31.8 Å². The molecule has 0 fully saturated rings. The van der Waals surface area contributed by atoms with Gasteiger partial charge in [-0.15, -0.1) is 0 Å². The molecule has 0 radical (unpaired) electrons. The number of rotatable bonds is 44. The van der Waals surface area contributed by atoms with Gasteiger partial charge in [-0.3, -0.25) is 52.9 Å². The van der Waals surface area contributed by atoms with E-state index in [1.165, 1.54) is 11.8 Å². The molecule has 7 aromatic rings. The number of carbonyl (C=O) groups is 11. The Morgan fingerprint density at radius 3 is 1.09 bits per heavy atom. The van der Waals surface area contributed by atoms with Gasteiger partial charge in [0.2, 0.25) is 59.1 Å². The lowest BCUT2D eigenvalue weighted by Crippen LogP contribution is -2.62. The number of fused-ring (bicyclic) bond motifs is 3. The average Bonchev–Trinajstić information content (AvgIpc) is 1.64. The summed E-state index contributed by atoms with van der Waals surface area (Å²) in [6, 6.07) is 14.4. The van der Waals surface area contributed by atoms with E-state index in [1.54, 1.807) is 107 Å². The van der Waals surface area contributed by atoms with Crippen molar-refractivity contribution in [1.29, 1.82) is 0 Å². The number of aromatic nitrogens is 3. The molecule has 11 atom stereocenters. The van der Waals surface area contributed by atoms with E-state index < -0.39 is 145 Å². The number of carboxylic acid groups (broad SMARTS) is 1.